The van der Waals surface area contributed by atoms with Crippen LogP contribution >= 0.6 is 11.6 Å². The van der Waals surface area contributed by atoms with Crippen molar-refractivity contribution in [2.75, 3.05) is 0 Å². The van der Waals surface area contributed by atoms with Crippen LogP contribution in [-0.2, 0) is 19.2 Å². The maximum absolute atomic E-state index is 11.4. The fraction of sp³-hybridized carbons (Fsp3) is 0.853. The van der Waals surface area contributed by atoms with E-state index in [9.17, 15) is 19.2 Å². The fourth-order valence-electron chi connectivity index (χ4n) is 12.7. The van der Waals surface area contributed by atoms with Crippen molar-refractivity contribution in [1.29, 1.82) is 0 Å². The van der Waals surface area contributed by atoms with Crippen molar-refractivity contribution in [2.45, 2.75) is 109 Å². The normalized spacial score (nSPS) is 39.5. The Bertz CT molecular complexity index is 1320. The lowest BCUT2D eigenvalue weighted by molar-refractivity contribution is -0.139. The van der Waals surface area contributed by atoms with Crippen LogP contribution in [0, 0.1) is 67.0 Å². The fourth-order valence-corrected chi connectivity index (χ4v) is 13.1. The molecular weight excluding hydrogens is 568 g/mol. The van der Waals surface area contributed by atoms with Gasteiger partial charge in [0.1, 0.15) is 0 Å². The first-order valence-electron chi connectivity index (χ1n) is 16.8. The van der Waals surface area contributed by atoms with Gasteiger partial charge in [0.25, 0.3) is 0 Å². The molecule has 12 aliphatic carbocycles. The van der Waals surface area contributed by atoms with Gasteiger partial charge in [0.05, 0.1) is 5.92 Å². The second-order valence-electron chi connectivity index (χ2n) is 17.0. The van der Waals surface area contributed by atoms with Crippen molar-refractivity contribution in [3.63, 3.8) is 0 Å². The first kappa shape index (κ1) is 27.3. The molecule has 0 amide bonds. The molecule has 8 nitrogen and oxygen atoms in total. The number of ketones is 1. The molecule has 0 atom stereocenters. The zero-order valence-corrected chi connectivity index (χ0v) is 25.5. The van der Waals surface area contributed by atoms with Gasteiger partial charge in [0.2, 0.25) is 11.0 Å². The number of Topliss-reactive ketones (excluding diaryl/α,β-unsaturated/α-hetero) is 1. The summed E-state index contributed by atoms with van der Waals surface area (Å²) in [5, 5.41) is 17.4. The molecular formula is C34H41ClN2O6. The molecule has 0 bridgehead atoms. The highest BCUT2D eigenvalue weighted by Gasteiger charge is 2.90. The van der Waals surface area contributed by atoms with E-state index in [0.29, 0.717) is 55.7 Å². The van der Waals surface area contributed by atoms with Crippen LogP contribution in [0.2, 0.25) is 0 Å². The summed E-state index contributed by atoms with van der Waals surface area (Å²) in [5.41, 5.74) is 11.8. The topological polar surface area (TPSA) is 145 Å². The van der Waals surface area contributed by atoms with Gasteiger partial charge < -0.3 is 15.7 Å². The van der Waals surface area contributed by atoms with Crippen LogP contribution in [0.25, 0.3) is 5.53 Å². The van der Waals surface area contributed by atoms with Crippen molar-refractivity contribution in [3.8, 4) is 0 Å². The van der Waals surface area contributed by atoms with Crippen molar-refractivity contribution >= 4 is 40.8 Å². The van der Waals surface area contributed by atoms with Crippen LogP contribution in [-0.4, -0.2) is 44.2 Å². The summed E-state index contributed by atoms with van der Waals surface area (Å²) in [6.07, 6.45) is 21.6. The molecule has 2 N–H and O–H groups in total. The Kier molecular flexibility index (Phi) is 4.86. The number of nitrogens with zero attached hydrogens (tertiary/aromatic N) is 2. The highest BCUT2D eigenvalue weighted by molar-refractivity contribution is 6.64. The predicted molar refractivity (Wildman–Crippen MR) is 153 cm³/mol. The van der Waals surface area contributed by atoms with E-state index >= 15 is 0 Å². The molecule has 0 aliphatic heterocycles. The predicted octanol–water partition coefficient (Wildman–Crippen LogP) is 5.90. The van der Waals surface area contributed by atoms with Crippen molar-refractivity contribution in [1.82, 2.24) is 0 Å². The van der Waals surface area contributed by atoms with E-state index in [0.717, 1.165) is 6.21 Å². The van der Waals surface area contributed by atoms with Gasteiger partial charge in [0, 0.05) is 18.3 Å². The molecule has 9 heteroatoms. The molecule has 12 rings (SSSR count). The average Bonchev–Trinajstić information content (AvgIpc) is 3.76. The van der Waals surface area contributed by atoms with Crippen molar-refractivity contribution < 1.29 is 34.2 Å². The van der Waals surface area contributed by atoms with Gasteiger partial charge in [-0.15, -0.1) is 0 Å². The number of fused-ring (bicyclic) bond motifs is 4. The third kappa shape index (κ3) is 3.26. The second-order valence-corrected chi connectivity index (χ2v) is 17.4. The number of carboxylic acids is 2. The molecule has 12 fully saturated rings. The first-order valence-corrected chi connectivity index (χ1v) is 17.2. The minimum Gasteiger partial charge on any atom is -0.481 e. The van der Waals surface area contributed by atoms with Crippen LogP contribution in [0.1, 0.15) is 109 Å². The standard InChI is InChI=1S/C9H10N2O.C9H12O2.C8H9ClO.C8H10O2/c10-11-5-6(12)7-8(1-2-8)9(7)3-4-9;10-7(11)5-6-8(1-2-8)9(6)3-4-9;2*9-6(10)5-7(1-2-7)8(5)3-4-8/h5,7H,1-4H2;6H,1-5H2,(H,10,11);5H,1-4H2;5H,1-4H2,(H,9,10). The van der Waals surface area contributed by atoms with E-state index < -0.39 is 11.9 Å². The number of carbonyl (C=O) groups excluding carboxylic acids is 2. The lowest BCUT2D eigenvalue weighted by atomic mass is 10.2. The summed E-state index contributed by atoms with van der Waals surface area (Å²) in [6.45, 7) is 0. The number of hydrogen-bond donors (Lipinski definition) is 2. The lowest BCUT2D eigenvalue weighted by Crippen LogP contribution is -2.05. The van der Waals surface area contributed by atoms with E-state index in [2.05, 4.69) is 4.79 Å². The Labute approximate surface area is 256 Å². The third-order valence-electron chi connectivity index (χ3n) is 15.9. The molecule has 8 spiro atoms. The van der Waals surface area contributed by atoms with Gasteiger partial charge in [-0.05, 0) is 164 Å². The van der Waals surface area contributed by atoms with Gasteiger partial charge in [-0.25, -0.2) is 0 Å². The average molecular weight is 609 g/mol. The number of aliphatic carboxylic acids is 2. The first-order chi connectivity index (χ1) is 20.4. The van der Waals surface area contributed by atoms with E-state index in [1.807, 2.05) is 0 Å². The highest BCUT2D eigenvalue weighted by Crippen LogP contribution is 2.94. The molecule has 12 aliphatic rings. The largest absolute Gasteiger partial charge is 0.481 e. The highest BCUT2D eigenvalue weighted by atomic mass is 35.5. The quantitative estimate of drug-likeness (QED) is 0.166. The molecule has 0 radical (unpaired) electrons. The van der Waals surface area contributed by atoms with Crippen LogP contribution in [0.5, 0.6) is 0 Å². The summed E-state index contributed by atoms with van der Waals surface area (Å²) in [7, 11) is 0. The third-order valence-corrected chi connectivity index (χ3v) is 16.1. The summed E-state index contributed by atoms with van der Waals surface area (Å²) in [4.78, 5) is 46.3. The molecule has 0 unspecified atom stereocenters. The van der Waals surface area contributed by atoms with Crippen LogP contribution in [0.3, 0.4) is 0 Å². The smallest absolute Gasteiger partial charge is 0.323 e. The van der Waals surface area contributed by atoms with Crippen molar-refractivity contribution in [3.05, 3.63) is 5.53 Å². The van der Waals surface area contributed by atoms with Gasteiger partial charge in [0.15, 0.2) is 0 Å². The number of hydrogen-bond acceptors (Lipinski definition) is 4. The SMILES string of the molecule is O=C(Cl)C1C2(CC2)C12CC2.O=C(O)C1C2(CC2)C12CC2.O=C(O)CC1C2(CC2)C12CC2.[N-]=[N+]=CC(=O)C1C2(CC2)C12CC2. The monoisotopic (exact) mass is 608 g/mol. The number of carbonyl (C=O) groups is 4. The minimum atomic E-state index is -0.593. The molecule has 230 valence electrons. The summed E-state index contributed by atoms with van der Waals surface area (Å²) >= 11 is 5.49. The van der Waals surface area contributed by atoms with E-state index in [1.54, 1.807) is 0 Å². The molecule has 0 heterocycles. The van der Waals surface area contributed by atoms with E-state index in [4.69, 9.17) is 27.3 Å². The zero-order chi connectivity index (χ0) is 30.1. The Morgan fingerprint density at radius 1 is 0.605 bits per heavy atom. The van der Waals surface area contributed by atoms with Gasteiger partial charge in [-0.2, -0.15) is 4.79 Å². The Hall–Kier alpha value is -2.05. The molecule has 0 aromatic carbocycles. The maximum atomic E-state index is 11.4. The summed E-state index contributed by atoms with van der Waals surface area (Å²) < 4.78 is 0. The van der Waals surface area contributed by atoms with Crippen molar-refractivity contribution in [2.24, 2.45) is 67.0 Å². The van der Waals surface area contributed by atoms with E-state index in [1.165, 1.54) is 103 Å². The molecule has 0 aromatic rings. The minimum absolute atomic E-state index is 0.0486. The summed E-state index contributed by atoms with van der Waals surface area (Å²) in [6, 6.07) is 0. The number of carboxylic acid groups (broad SMARTS) is 2. The zero-order valence-electron chi connectivity index (χ0n) is 24.7. The van der Waals surface area contributed by atoms with Crippen LogP contribution in [0.15, 0.2) is 0 Å². The summed E-state index contributed by atoms with van der Waals surface area (Å²) in [5.74, 6) is 0.0719. The Morgan fingerprint density at radius 3 is 1.14 bits per heavy atom. The molecule has 12 saturated carbocycles. The van der Waals surface area contributed by atoms with Gasteiger partial charge >= 0.3 is 18.2 Å². The second kappa shape index (κ2) is 7.66. The molecule has 0 saturated heterocycles. The van der Waals surface area contributed by atoms with Gasteiger partial charge in [-0.1, -0.05) is 0 Å². The van der Waals surface area contributed by atoms with E-state index in [-0.39, 0.29) is 28.8 Å². The van der Waals surface area contributed by atoms with Crippen LogP contribution in [0.4, 0.5) is 0 Å². The Balaban J connectivity index is 0.0000000808. The van der Waals surface area contributed by atoms with Crippen LogP contribution < -0.4 is 0 Å². The molecule has 0 aromatic heterocycles. The molecule has 43 heavy (non-hydrogen) atoms. The lowest BCUT2D eigenvalue weighted by Gasteiger charge is -1.88. The number of rotatable bonds is 6. The van der Waals surface area contributed by atoms with Gasteiger partial charge in [-0.3, -0.25) is 19.2 Å². The maximum Gasteiger partial charge on any atom is 0.323 e. The Morgan fingerprint density at radius 2 is 0.930 bits per heavy atom. The number of halogens is 1.